The van der Waals surface area contributed by atoms with Crippen molar-refractivity contribution in [3.63, 3.8) is 0 Å². The standard InChI is InChI=1S/C10H15BrN2/c1-10(2,12)7-13-9-6-4-3-5-8(9)11/h3-6,13H,7,12H2,1-2H3. The third kappa shape index (κ3) is 3.79. The summed E-state index contributed by atoms with van der Waals surface area (Å²) in [4.78, 5) is 0. The Morgan fingerprint density at radius 1 is 1.38 bits per heavy atom. The predicted octanol–water partition coefficient (Wildman–Crippen LogP) is 2.60. The maximum Gasteiger partial charge on any atom is 0.0485 e. The SMILES string of the molecule is CC(C)(N)CNc1ccccc1Br. The number of anilines is 1. The molecule has 0 spiro atoms. The van der Waals surface area contributed by atoms with Gasteiger partial charge in [0.1, 0.15) is 0 Å². The number of hydrogen-bond donors (Lipinski definition) is 2. The average Bonchev–Trinajstić information content (AvgIpc) is 2.01. The summed E-state index contributed by atoms with van der Waals surface area (Å²) in [5, 5.41) is 3.28. The monoisotopic (exact) mass is 242 g/mol. The van der Waals surface area contributed by atoms with Gasteiger partial charge in [-0.3, -0.25) is 0 Å². The molecule has 1 rings (SSSR count). The minimum absolute atomic E-state index is 0.185. The van der Waals surface area contributed by atoms with Crippen molar-refractivity contribution in [1.29, 1.82) is 0 Å². The normalized spacial score (nSPS) is 11.4. The maximum absolute atomic E-state index is 5.86. The fraction of sp³-hybridized carbons (Fsp3) is 0.400. The van der Waals surface area contributed by atoms with Gasteiger partial charge in [0.15, 0.2) is 0 Å². The number of rotatable bonds is 3. The van der Waals surface area contributed by atoms with Gasteiger partial charge in [-0.15, -0.1) is 0 Å². The summed E-state index contributed by atoms with van der Waals surface area (Å²) >= 11 is 3.46. The highest BCUT2D eigenvalue weighted by molar-refractivity contribution is 9.10. The van der Waals surface area contributed by atoms with Gasteiger partial charge in [-0.05, 0) is 41.9 Å². The molecule has 72 valence electrons. The highest BCUT2D eigenvalue weighted by Gasteiger charge is 2.10. The zero-order chi connectivity index (χ0) is 9.90. The van der Waals surface area contributed by atoms with Crippen LogP contribution in [-0.4, -0.2) is 12.1 Å². The van der Waals surface area contributed by atoms with E-state index in [9.17, 15) is 0 Å². The van der Waals surface area contributed by atoms with E-state index in [1.807, 2.05) is 38.1 Å². The van der Waals surface area contributed by atoms with Crippen LogP contribution in [0.3, 0.4) is 0 Å². The van der Waals surface area contributed by atoms with Crippen molar-refractivity contribution in [1.82, 2.24) is 0 Å². The average molecular weight is 243 g/mol. The largest absolute Gasteiger partial charge is 0.382 e. The topological polar surface area (TPSA) is 38.0 Å². The van der Waals surface area contributed by atoms with Gasteiger partial charge in [0.25, 0.3) is 0 Å². The van der Waals surface area contributed by atoms with Crippen LogP contribution in [0.1, 0.15) is 13.8 Å². The first-order valence-corrected chi connectivity index (χ1v) is 5.06. The number of nitrogens with one attached hydrogen (secondary N) is 1. The molecule has 3 heteroatoms. The van der Waals surface area contributed by atoms with E-state index in [2.05, 4.69) is 21.2 Å². The molecule has 0 aliphatic rings. The Kier molecular flexibility index (Phi) is 3.33. The molecule has 0 bridgehead atoms. The quantitative estimate of drug-likeness (QED) is 0.856. The Labute approximate surface area is 87.6 Å². The molecule has 0 saturated carbocycles. The smallest absolute Gasteiger partial charge is 0.0485 e. The summed E-state index contributed by atoms with van der Waals surface area (Å²) in [7, 11) is 0. The Morgan fingerprint density at radius 2 is 2.00 bits per heavy atom. The third-order valence-electron chi connectivity index (χ3n) is 1.61. The highest BCUT2D eigenvalue weighted by Crippen LogP contribution is 2.21. The minimum atomic E-state index is -0.185. The van der Waals surface area contributed by atoms with Crippen LogP contribution in [-0.2, 0) is 0 Å². The lowest BCUT2D eigenvalue weighted by Crippen LogP contribution is -2.39. The zero-order valence-electron chi connectivity index (χ0n) is 7.97. The van der Waals surface area contributed by atoms with E-state index in [0.717, 1.165) is 16.7 Å². The summed E-state index contributed by atoms with van der Waals surface area (Å²) in [6.45, 7) is 4.75. The molecular weight excluding hydrogens is 228 g/mol. The van der Waals surface area contributed by atoms with E-state index < -0.39 is 0 Å². The number of nitrogens with two attached hydrogens (primary N) is 1. The Hall–Kier alpha value is -0.540. The van der Waals surface area contributed by atoms with Crippen molar-refractivity contribution in [3.05, 3.63) is 28.7 Å². The summed E-state index contributed by atoms with van der Waals surface area (Å²) < 4.78 is 1.07. The molecule has 0 atom stereocenters. The first-order valence-electron chi connectivity index (χ1n) is 4.26. The van der Waals surface area contributed by atoms with E-state index in [-0.39, 0.29) is 5.54 Å². The van der Waals surface area contributed by atoms with Crippen molar-refractivity contribution in [2.45, 2.75) is 19.4 Å². The van der Waals surface area contributed by atoms with E-state index in [1.54, 1.807) is 0 Å². The summed E-state index contributed by atoms with van der Waals surface area (Å²) in [5.74, 6) is 0. The van der Waals surface area contributed by atoms with Gasteiger partial charge >= 0.3 is 0 Å². The van der Waals surface area contributed by atoms with Gasteiger partial charge in [-0.25, -0.2) is 0 Å². The lowest BCUT2D eigenvalue weighted by atomic mass is 10.1. The van der Waals surface area contributed by atoms with Crippen molar-refractivity contribution in [2.24, 2.45) is 5.73 Å². The highest BCUT2D eigenvalue weighted by atomic mass is 79.9. The van der Waals surface area contributed by atoms with Crippen LogP contribution in [0.5, 0.6) is 0 Å². The molecule has 0 saturated heterocycles. The number of para-hydroxylation sites is 1. The minimum Gasteiger partial charge on any atom is -0.382 e. The molecule has 0 aliphatic carbocycles. The first kappa shape index (κ1) is 10.5. The van der Waals surface area contributed by atoms with Gasteiger partial charge in [-0.1, -0.05) is 12.1 Å². The third-order valence-corrected chi connectivity index (χ3v) is 2.30. The van der Waals surface area contributed by atoms with Crippen LogP contribution >= 0.6 is 15.9 Å². The molecule has 3 N–H and O–H groups in total. The number of benzene rings is 1. The fourth-order valence-electron chi connectivity index (χ4n) is 0.928. The van der Waals surface area contributed by atoms with Crippen LogP contribution < -0.4 is 11.1 Å². The molecule has 0 unspecified atom stereocenters. The van der Waals surface area contributed by atoms with E-state index in [1.165, 1.54) is 0 Å². The molecule has 0 aliphatic heterocycles. The number of halogens is 1. The Balaban J connectivity index is 2.60. The molecule has 0 heterocycles. The van der Waals surface area contributed by atoms with Gasteiger partial charge in [-0.2, -0.15) is 0 Å². The van der Waals surface area contributed by atoms with Crippen LogP contribution in [0.2, 0.25) is 0 Å². The van der Waals surface area contributed by atoms with Gasteiger partial charge in [0.05, 0.1) is 0 Å². The van der Waals surface area contributed by atoms with Gasteiger partial charge < -0.3 is 11.1 Å². The molecular formula is C10H15BrN2. The molecule has 0 radical (unpaired) electrons. The van der Waals surface area contributed by atoms with Crippen LogP contribution in [0.25, 0.3) is 0 Å². The van der Waals surface area contributed by atoms with E-state index in [4.69, 9.17) is 5.73 Å². The van der Waals surface area contributed by atoms with E-state index >= 15 is 0 Å². The second kappa shape index (κ2) is 4.11. The molecule has 1 aromatic rings. The van der Waals surface area contributed by atoms with Crippen molar-refractivity contribution < 1.29 is 0 Å². The van der Waals surface area contributed by atoms with Crippen LogP contribution in [0, 0.1) is 0 Å². The van der Waals surface area contributed by atoms with Gasteiger partial charge in [0.2, 0.25) is 0 Å². The van der Waals surface area contributed by atoms with Crippen molar-refractivity contribution >= 4 is 21.6 Å². The maximum atomic E-state index is 5.86. The molecule has 0 fully saturated rings. The van der Waals surface area contributed by atoms with Crippen molar-refractivity contribution in [2.75, 3.05) is 11.9 Å². The fourth-order valence-corrected chi connectivity index (χ4v) is 1.35. The number of hydrogen-bond acceptors (Lipinski definition) is 2. The Bertz CT molecular complexity index is 278. The lowest BCUT2D eigenvalue weighted by molar-refractivity contribution is 0.549. The summed E-state index contributed by atoms with van der Waals surface area (Å²) in [5.41, 5.74) is 6.75. The summed E-state index contributed by atoms with van der Waals surface area (Å²) in [6, 6.07) is 8.02. The van der Waals surface area contributed by atoms with Crippen LogP contribution in [0.15, 0.2) is 28.7 Å². The zero-order valence-corrected chi connectivity index (χ0v) is 9.56. The second-order valence-electron chi connectivity index (χ2n) is 3.82. The predicted molar refractivity (Wildman–Crippen MR) is 60.9 cm³/mol. The molecule has 0 aromatic heterocycles. The molecule has 1 aromatic carbocycles. The molecule has 2 nitrogen and oxygen atoms in total. The van der Waals surface area contributed by atoms with E-state index in [0.29, 0.717) is 0 Å². The van der Waals surface area contributed by atoms with Crippen LogP contribution in [0.4, 0.5) is 5.69 Å². The molecule has 13 heavy (non-hydrogen) atoms. The van der Waals surface area contributed by atoms with Gasteiger partial charge in [0, 0.05) is 22.2 Å². The summed E-state index contributed by atoms with van der Waals surface area (Å²) in [6.07, 6.45) is 0. The lowest BCUT2D eigenvalue weighted by Gasteiger charge is -2.20. The first-order chi connectivity index (χ1) is 5.99. The molecule has 0 amide bonds. The Morgan fingerprint density at radius 3 is 2.54 bits per heavy atom. The second-order valence-corrected chi connectivity index (χ2v) is 4.68. The van der Waals surface area contributed by atoms with Crippen molar-refractivity contribution in [3.8, 4) is 0 Å².